The number of carbonyl (C=O) groups excluding carboxylic acids is 1. The van der Waals surface area contributed by atoms with Crippen molar-refractivity contribution in [3.63, 3.8) is 0 Å². The van der Waals surface area contributed by atoms with Gasteiger partial charge in [-0.05, 0) is 55.5 Å². The molecule has 0 atom stereocenters. The van der Waals surface area contributed by atoms with Gasteiger partial charge in [0.1, 0.15) is 0 Å². The number of nitrogens with zero attached hydrogens (tertiary/aromatic N) is 1. The Morgan fingerprint density at radius 2 is 2.08 bits per heavy atom. The van der Waals surface area contributed by atoms with Crippen molar-refractivity contribution < 1.29 is 9.53 Å². The molecule has 4 nitrogen and oxygen atoms in total. The number of unbranched alkanes of at least 4 members (excludes halogenated alkanes) is 2. The second-order valence-electron chi connectivity index (χ2n) is 6.32. The fourth-order valence-corrected chi connectivity index (χ4v) is 4.04. The minimum absolute atomic E-state index is 0.334. The van der Waals surface area contributed by atoms with Crippen molar-refractivity contribution in [1.82, 2.24) is 4.57 Å². The molecule has 5 heteroatoms. The smallest absolute Gasteiger partial charge is 0.251 e. The predicted molar refractivity (Wildman–Crippen MR) is 105 cm³/mol. The maximum absolute atomic E-state index is 12.2. The van der Waals surface area contributed by atoms with E-state index in [0.29, 0.717) is 5.56 Å². The highest BCUT2D eigenvalue weighted by molar-refractivity contribution is 7.08. The Balaban J connectivity index is 2.44. The van der Waals surface area contributed by atoms with Gasteiger partial charge in [0, 0.05) is 36.7 Å². The molecule has 2 heterocycles. The van der Waals surface area contributed by atoms with Gasteiger partial charge in [-0.15, -0.1) is 0 Å². The monoisotopic (exact) mass is 362 g/mol. The van der Waals surface area contributed by atoms with Crippen molar-refractivity contribution in [1.29, 1.82) is 0 Å². The molecule has 0 fully saturated rings. The van der Waals surface area contributed by atoms with E-state index in [9.17, 15) is 4.79 Å². The summed E-state index contributed by atoms with van der Waals surface area (Å²) in [6.07, 6.45) is 5.41. The molecular weight excluding hydrogens is 332 g/mol. The first kappa shape index (κ1) is 19.7. The molecule has 0 bridgehead atoms. The molecule has 2 rings (SSSR count). The van der Waals surface area contributed by atoms with Crippen LogP contribution in [0.5, 0.6) is 0 Å². The molecule has 0 aliphatic rings. The van der Waals surface area contributed by atoms with Crippen molar-refractivity contribution in [3.05, 3.63) is 33.8 Å². The Hall–Kier alpha value is -1.59. The van der Waals surface area contributed by atoms with Crippen LogP contribution in [-0.2, 0) is 17.7 Å². The Bertz CT molecular complexity index is 674. The SMILES string of the molecule is CCCCCc1c(-c2ccsc2)c(C(N)=O)c(C)n1CCCOCC. The average Bonchev–Trinajstić information content (AvgIpc) is 3.19. The van der Waals surface area contributed by atoms with Gasteiger partial charge in [0.25, 0.3) is 5.91 Å². The molecule has 0 saturated heterocycles. The second kappa shape index (κ2) is 9.78. The van der Waals surface area contributed by atoms with Gasteiger partial charge < -0.3 is 15.0 Å². The van der Waals surface area contributed by atoms with Crippen LogP contribution >= 0.6 is 11.3 Å². The fraction of sp³-hybridized carbons (Fsp3) is 0.550. The van der Waals surface area contributed by atoms with Gasteiger partial charge in [0.15, 0.2) is 0 Å². The van der Waals surface area contributed by atoms with Crippen LogP contribution in [0.1, 0.15) is 61.3 Å². The lowest BCUT2D eigenvalue weighted by atomic mass is 9.99. The standard InChI is InChI=1S/C20H30N2O2S/c1-4-6-7-9-17-19(16-10-13-25-14-16)18(20(21)23)15(3)22(17)11-8-12-24-5-2/h10,13-14H,4-9,11-12H2,1-3H3,(H2,21,23). The molecule has 0 spiro atoms. The lowest BCUT2D eigenvalue weighted by molar-refractivity contribution is 0.1000. The van der Waals surface area contributed by atoms with Crippen LogP contribution in [0.25, 0.3) is 11.1 Å². The highest BCUT2D eigenvalue weighted by Gasteiger charge is 2.24. The van der Waals surface area contributed by atoms with Crippen LogP contribution < -0.4 is 5.73 Å². The molecule has 0 aromatic carbocycles. The first-order valence-electron chi connectivity index (χ1n) is 9.23. The summed E-state index contributed by atoms with van der Waals surface area (Å²) in [6, 6.07) is 2.08. The van der Waals surface area contributed by atoms with Crippen molar-refractivity contribution in [2.75, 3.05) is 13.2 Å². The molecule has 2 N–H and O–H groups in total. The zero-order valence-corrected chi connectivity index (χ0v) is 16.5. The summed E-state index contributed by atoms with van der Waals surface area (Å²) in [6.45, 7) is 8.57. The van der Waals surface area contributed by atoms with Crippen LogP contribution in [0, 0.1) is 6.92 Å². The molecule has 2 aromatic rings. The van der Waals surface area contributed by atoms with E-state index >= 15 is 0 Å². The molecule has 0 unspecified atom stereocenters. The Kier molecular flexibility index (Phi) is 7.72. The minimum atomic E-state index is -0.334. The summed E-state index contributed by atoms with van der Waals surface area (Å²) in [5.74, 6) is -0.334. The Morgan fingerprint density at radius 3 is 2.68 bits per heavy atom. The number of primary amides is 1. The first-order chi connectivity index (χ1) is 12.1. The van der Waals surface area contributed by atoms with E-state index in [1.165, 1.54) is 18.5 Å². The van der Waals surface area contributed by atoms with Crippen molar-refractivity contribution in [3.8, 4) is 11.1 Å². The summed E-state index contributed by atoms with van der Waals surface area (Å²) in [7, 11) is 0. The number of nitrogens with two attached hydrogens (primary N) is 1. The van der Waals surface area contributed by atoms with Gasteiger partial charge >= 0.3 is 0 Å². The van der Waals surface area contributed by atoms with E-state index in [2.05, 4.69) is 28.3 Å². The Morgan fingerprint density at radius 1 is 1.28 bits per heavy atom. The van der Waals surface area contributed by atoms with Gasteiger partial charge in [-0.3, -0.25) is 4.79 Å². The quantitative estimate of drug-likeness (QED) is 0.585. The van der Waals surface area contributed by atoms with Crippen LogP contribution in [0.2, 0.25) is 0 Å². The number of thiophene rings is 1. The minimum Gasteiger partial charge on any atom is -0.382 e. The number of hydrogen-bond acceptors (Lipinski definition) is 3. The molecule has 25 heavy (non-hydrogen) atoms. The topological polar surface area (TPSA) is 57.2 Å². The van der Waals surface area contributed by atoms with Crippen LogP contribution in [0.4, 0.5) is 0 Å². The van der Waals surface area contributed by atoms with E-state index in [1.54, 1.807) is 11.3 Å². The average molecular weight is 363 g/mol. The van der Waals surface area contributed by atoms with Crippen molar-refractivity contribution in [2.45, 2.75) is 59.4 Å². The van der Waals surface area contributed by atoms with Crippen LogP contribution in [-0.4, -0.2) is 23.7 Å². The van der Waals surface area contributed by atoms with Gasteiger partial charge in [0.2, 0.25) is 0 Å². The van der Waals surface area contributed by atoms with E-state index in [1.807, 2.05) is 13.8 Å². The molecule has 0 saturated carbocycles. The van der Waals surface area contributed by atoms with E-state index in [-0.39, 0.29) is 5.91 Å². The summed E-state index contributed by atoms with van der Waals surface area (Å²) < 4.78 is 7.78. The highest BCUT2D eigenvalue weighted by atomic mass is 32.1. The molecule has 2 aromatic heterocycles. The predicted octanol–water partition coefficient (Wildman–Crippen LogP) is 4.78. The van der Waals surface area contributed by atoms with Gasteiger partial charge in [0.05, 0.1) is 5.56 Å². The summed E-state index contributed by atoms with van der Waals surface area (Å²) in [5, 5.41) is 4.16. The normalized spacial score (nSPS) is 11.2. The first-order valence-corrected chi connectivity index (χ1v) is 10.2. The van der Waals surface area contributed by atoms with E-state index in [0.717, 1.165) is 55.8 Å². The number of amides is 1. The van der Waals surface area contributed by atoms with Crippen molar-refractivity contribution in [2.24, 2.45) is 5.73 Å². The summed E-state index contributed by atoms with van der Waals surface area (Å²) >= 11 is 1.65. The van der Waals surface area contributed by atoms with Gasteiger partial charge in [-0.2, -0.15) is 11.3 Å². The molecule has 0 radical (unpaired) electrons. The maximum Gasteiger partial charge on any atom is 0.251 e. The molecule has 0 aliphatic carbocycles. The van der Waals surface area contributed by atoms with Crippen LogP contribution in [0.15, 0.2) is 16.8 Å². The van der Waals surface area contributed by atoms with Gasteiger partial charge in [-0.25, -0.2) is 0 Å². The van der Waals surface area contributed by atoms with Crippen LogP contribution in [0.3, 0.4) is 0 Å². The number of rotatable bonds is 11. The third-order valence-electron chi connectivity index (χ3n) is 4.58. The second-order valence-corrected chi connectivity index (χ2v) is 7.10. The largest absolute Gasteiger partial charge is 0.382 e. The van der Waals surface area contributed by atoms with E-state index in [4.69, 9.17) is 10.5 Å². The zero-order valence-electron chi connectivity index (χ0n) is 15.6. The van der Waals surface area contributed by atoms with Gasteiger partial charge in [-0.1, -0.05) is 19.8 Å². The lowest BCUT2D eigenvalue weighted by Crippen LogP contribution is -2.13. The number of hydrogen-bond donors (Lipinski definition) is 1. The fourth-order valence-electron chi connectivity index (χ4n) is 3.39. The molecule has 1 amide bonds. The summed E-state index contributed by atoms with van der Waals surface area (Å²) in [4.78, 5) is 12.2. The van der Waals surface area contributed by atoms with E-state index < -0.39 is 0 Å². The third kappa shape index (κ3) is 4.73. The van der Waals surface area contributed by atoms with Crippen molar-refractivity contribution >= 4 is 17.2 Å². The summed E-state index contributed by atoms with van der Waals surface area (Å²) in [5.41, 5.74) is 10.8. The number of ether oxygens (including phenoxy) is 1. The Labute approximate surface area is 155 Å². The number of carbonyl (C=O) groups is 1. The molecule has 138 valence electrons. The zero-order chi connectivity index (χ0) is 18.2. The maximum atomic E-state index is 12.2. The lowest BCUT2D eigenvalue weighted by Gasteiger charge is -2.13. The molecule has 0 aliphatic heterocycles. The highest BCUT2D eigenvalue weighted by Crippen LogP contribution is 2.35. The third-order valence-corrected chi connectivity index (χ3v) is 5.26. The molecular formula is C20H30N2O2S. The number of aromatic nitrogens is 1.